The van der Waals surface area contributed by atoms with Gasteiger partial charge in [-0.05, 0) is 19.1 Å². The number of aromatic nitrogens is 1. The third-order valence-corrected chi connectivity index (χ3v) is 1.47. The van der Waals surface area contributed by atoms with Crippen LogP contribution in [0.3, 0.4) is 0 Å². The summed E-state index contributed by atoms with van der Waals surface area (Å²) in [6, 6.07) is 7.12. The Morgan fingerprint density at radius 3 is 3.08 bits per heavy atom. The Labute approximate surface area is 77.3 Å². The Balaban J connectivity index is 2.90. The van der Waals surface area contributed by atoms with Crippen molar-refractivity contribution < 1.29 is 4.74 Å². The largest absolute Gasteiger partial charge is 0.492 e. The Kier molecular flexibility index (Phi) is 3.04. The highest BCUT2D eigenvalue weighted by atomic mass is 16.5. The molecule has 0 radical (unpaired) electrons. The lowest BCUT2D eigenvalue weighted by Gasteiger charge is -2.05. The van der Waals surface area contributed by atoms with Crippen molar-refractivity contribution in [3.05, 3.63) is 36.2 Å². The Hall–Kier alpha value is -1.82. The van der Waals surface area contributed by atoms with E-state index in [9.17, 15) is 0 Å². The van der Waals surface area contributed by atoms with E-state index in [4.69, 9.17) is 10.00 Å². The van der Waals surface area contributed by atoms with E-state index in [1.54, 1.807) is 18.2 Å². The van der Waals surface area contributed by atoms with E-state index in [1.807, 2.05) is 13.0 Å². The molecule has 0 bridgehead atoms. The zero-order valence-corrected chi connectivity index (χ0v) is 7.45. The number of nitriles is 1. The summed E-state index contributed by atoms with van der Waals surface area (Å²) in [5, 5.41) is 8.59. The van der Waals surface area contributed by atoms with Crippen molar-refractivity contribution in [1.82, 2.24) is 4.98 Å². The molecule has 3 nitrogen and oxygen atoms in total. The van der Waals surface area contributed by atoms with Crippen LogP contribution in [0.15, 0.2) is 24.8 Å². The first-order valence-electron chi connectivity index (χ1n) is 3.97. The van der Waals surface area contributed by atoms with Gasteiger partial charge in [0.2, 0.25) is 0 Å². The molecule has 0 spiro atoms. The summed E-state index contributed by atoms with van der Waals surface area (Å²) in [7, 11) is 0. The third kappa shape index (κ3) is 2.31. The van der Waals surface area contributed by atoms with Crippen molar-refractivity contribution in [2.24, 2.45) is 0 Å². The van der Waals surface area contributed by atoms with Gasteiger partial charge in [0.25, 0.3) is 0 Å². The van der Waals surface area contributed by atoms with Crippen LogP contribution in [-0.4, -0.2) is 11.6 Å². The molecule has 0 aliphatic rings. The maximum Gasteiger partial charge on any atom is 0.141 e. The Morgan fingerprint density at radius 1 is 1.69 bits per heavy atom. The average Bonchev–Trinajstić information content (AvgIpc) is 2.18. The van der Waals surface area contributed by atoms with Gasteiger partial charge in [-0.25, -0.2) is 4.98 Å². The van der Waals surface area contributed by atoms with E-state index in [0.717, 1.165) is 0 Å². The number of hydrogen-bond donors (Lipinski definition) is 0. The fraction of sp³-hybridized carbons (Fsp3) is 0.200. The number of pyridine rings is 1. The molecule has 0 N–H and O–H groups in total. The molecule has 0 fully saturated rings. The van der Waals surface area contributed by atoms with Gasteiger partial charge < -0.3 is 4.74 Å². The van der Waals surface area contributed by atoms with Crippen molar-refractivity contribution in [1.29, 1.82) is 5.26 Å². The normalized spacial score (nSPS) is 8.92. The lowest BCUT2D eigenvalue weighted by Crippen LogP contribution is -1.94. The van der Waals surface area contributed by atoms with Crippen molar-refractivity contribution in [3.63, 3.8) is 0 Å². The van der Waals surface area contributed by atoms with E-state index in [1.165, 1.54) is 0 Å². The quantitative estimate of drug-likeness (QED) is 0.658. The topological polar surface area (TPSA) is 45.9 Å². The second-order valence-corrected chi connectivity index (χ2v) is 2.38. The van der Waals surface area contributed by atoms with Gasteiger partial charge in [0.05, 0.1) is 6.61 Å². The number of ether oxygens (including phenoxy) is 1. The minimum Gasteiger partial charge on any atom is -0.492 e. The van der Waals surface area contributed by atoms with E-state index in [0.29, 0.717) is 23.8 Å². The summed E-state index contributed by atoms with van der Waals surface area (Å²) in [5.41, 5.74) is 0.985. The molecule has 1 heterocycles. The number of hydrogen-bond acceptors (Lipinski definition) is 3. The highest BCUT2D eigenvalue weighted by molar-refractivity contribution is 5.53. The van der Waals surface area contributed by atoms with Gasteiger partial charge >= 0.3 is 0 Å². The molecule has 1 aromatic heterocycles. The van der Waals surface area contributed by atoms with Gasteiger partial charge in [0, 0.05) is 0 Å². The van der Waals surface area contributed by atoms with Crippen molar-refractivity contribution >= 4 is 5.76 Å². The molecule has 0 unspecified atom stereocenters. The third-order valence-electron chi connectivity index (χ3n) is 1.47. The van der Waals surface area contributed by atoms with Crippen molar-refractivity contribution in [2.45, 2.75) is 6.92 Å². The summed E-state index contributed by atoms with van der Waals surface area (Å²) in [4.78, 5) is 4.02. The van der Waals surface area contributed by atoms with E-state index in [-0.39, 0.29) is 0 Å². The Bertz CT molecular complexity index is 352. The van der Waals surface area contributed by atoms with Gasteiger partial charge in [-0.15, -0.1) is 0 Å². The molecule has 66 valence electrons. The molecule has 1 rings (SSSR count). The van der Waals surface area contributed by atoms with Crippen LogP contribution in [-0.2, 0) is 4.74 Å². The van der Waals surface area contributed by atoms with Crippen LogP contribution in [0.2, 0.25) is 0 Å². The molecule has 0 aliphatic carbocycles. The van der Waals surface area contributed by atoms with E-state index < -0.39 is 0 Å². The van der Waals surface area contributed by atoms with Crippen LogP contribution in [0.4, 0.5) is 0 Å². The first-order valence-corrected chi connectivity index (χ1v) is 3.97. The SMILES string of the molecule is C=C(OCC)c1cccc(C#N)n1. The molecule has 0 aliphatic heterocycles. The second-order valence-electron chi connectivity index (χ2n) is 2.38. The van der Waals surface area contributed by atoms with Crippen LogP contribution in [0.5, 0.6) is 0 Å². The molecule has 0 saturated heterocycles. The number of rotatable bonds is 3. The summed E-state index contributed by atoms with van der Waals surface area (Å²) in [6.45, 7) is 6.12. The first-order chi connectivity index (χ1) is 6.27. The van der Waals surface area contributed by atoms with Gasteiger partial charge in [-0.2, -0.15) is 5.26 Å². The molecular formula is C10H10N2O. The molecule has 13 heavy (non-hydrogen) atoms. The second kappa shape index (κ2) is 4.27. The van der Waals surface area contributed by atoms with Crippen LogP contribution >= 0.6 is 0 Å². The minimum atomic E-state index is 0.373. The molecule has 0 saturated carbocycles. The molecule has 1 aromatic rings. The predicted molar refractivity (Wildman–Crippen MR) is 49.6 cm³/mol. The maximum absolute atomic E-state index is 8.59. The first kappa shape index (κ1) is 9.27. The highest BCUT2D eigenvalue weighted by Gasteiger charge is 2.01. The summed E-state index contributed by atoms with van der Waals surface area (Å²) in [5.74, 6) is 0.500. The standard InChI is InChI=1S/C10H10N2O/c1-3-13-8(2)10-6-4-5-9(7-11)12-10/h4-6H,2-3H2,1H3. The fourth-order valence-electron chi connectivity index (χ4n) is 0.900. The van der Waals surface area contributed by atoms with Crippen LogP contribution in [0.1, 0.15) is 18.3 Å². The summed E-state index contributed by atoms with van der Waals surface area (Å²) < 4.78 is 5.16. The van der Waals surface area contributed by atoms with Crippen LogP contribution in [0, 0.1) is 11.3 Å². The summed E-state index contributed by atoms with van der Waals surface area (Å²) in [6.07, 6.45) is 0. The average molecular weight is 174 g/mol. The van der Waals surface area contributed by atoms with Crippen molar-refractivity contribution in [3.8, 4) is 6.07 Å². The van der Waals surface area contributed by atoms with Gasteiger partial charge in [-0.3, -0.25) is 0 Å². The van der Waals surface area contributed by atoms with E-state index >= 15 is 0 Å². The molecule has 0 atom stereocenters. The molecule has 3 heteroatoms. The minimum absolute atomic E-state index is 0.373. The summed E-state index contributed by atoms with van der Waals surface area (Å²) >= 11 is 0. The number of nitrogens with zero attached hydrogens (tertiary/aromatic N) is 2. The highest BCUT2D eigenvalue weighted by Crippen LogP contribution is 2.10. The lowest BCUT2D eigenvalue weighted by molar-refractivity contribution is 0.298. The van der Waals surface area contributed by atoms with Crippen LogP contribution in [0.25, 0.3) is 5.76 Å². The predicted octanol–water partition coefficient (Wildman–Crippen LogP) is 1.96. The van der Waals surface area contributed by atoms with E-state index in [2.05, 4.69) is 11.6 Å². The van der Waals surface area contributed by atoms with Gasteiger partial charge in [0.1, 0.15) is 23.2 Å². The zero-order valence-electron chi connectivity index (χ0n) is 7.45. The maximum atomic E-state index is 8.59. The smallest absolute Gasteiger partial charge is 0.141 e. The fourth-order valence-corrected chi connectivity index (χ4v) is 0.900. The molecular weight excluding hydrogens is 164 g/mol. The Morgan fingerprint density at radius 2 is 2.46 bits per heavy atom. The lowest BCUT2D eigenvalue weighted by atomic mass is 10.3. The molecule has 0 aromatic carbocycles. The van der Waals surface area contributed by atoms with Gasteiger partial charge in [-0.1, -0.05) is 12.6 Å². The molecule has 0 amide bonds. The van der Waals surface area contributed by atoms with Gasteiger partial charge in [0.15, 0.2) is 0 Å². The monoisotopic (exact) mass is 174 g/mol. The van der Waals surface area contributed by atoms with Crippen LogP contribution < -0.4 is 0 Å². The zero-order chi connectivity index (χ0) is 9.68. The van der Waals surface area contributed by atoms with Crippen molar-refractivity contribution in [2.75, 3.05) is 6.61 Å².